The van der Waals surface area contributed by atoms with Gasteiger partial charge in [0.15, 0.2) is 0 Å². The first-order valence-corrected chi connectivity index (χ1v) is 8.86. The molecule has 0 aliphatic carbocycles. The number of hydrogen-bond donors (Lipinski definition) is 2. The highest BCUT2D eigenvalue weighted by Gasteiger charge is 2.23. The van der Waals surface area contributed by atoms with Gasteiger partial charge in [-0.3, -0.25) is 0 Å². The molecule has 2 N–H and O–H groups in total. The molecule has 0 bridgehead atoms. The van der Waals surface area contributed by atoms with Crippen LogP contribution in [0.15, 0.2) is 54.6 Å². The van der Waals surface area contributed by atoms with E-state index >= 15 is 0 Å². The summed E-state index contributed by atoms with van der Waals surface area (Å²) in [7, 11) is 0. The van der Waals surface area contributed by atoms with E-state index in [0.717, 1.165) is 32.4 Å². The number of hydrogen-bond acceptors (Lipinski definition) is 2. The van der Waals surface area contributed by atoms with Crippen molar-refractivity contribution in [2.45, 2.75) is 31.9 Å². The summed E-state index contributed by atoms with van der Waals surface area (Å²) in [5.74, 6) is 0. The van der Waals surface area contributed by atoms with Crippen LogP contribution >= 0.6 is 0 Å². The molecule has 0 radical (unpaired) electrons. The Morgan fingerprint density at radius 2 is 1.83 bits per heavy atom. The van der Waals surface area contributed by atoms with Crippen LogP contribution in [0.2, 0.25) is 0 Å². The molecule has 2 aromatic carbocycles. The molecule has 124 valence electrons. The second-order valence-electron chi connectivity index (χ2n) is 6.50. The van der Waals surface area contributed by atoms with Crippen molar-refractivity contribution >= 4 is 10.9 Å². The third kappa shape index (κ3) is 3.23. The van der Waals surface area contributed by atoms with Crippen LogP contribution in [0.4, 0.5) is 0 Å². The van der Waals surface area contributed by atoms with Gasteiger partial charge in [0.05, 0.1) is 6.61 Å². The number of fused-ring (bicyclic) bond motifs is 3. The zero-order valence-corrected chi connectivity index (χ0v) is 13.9. The third-order valence-electron chi connectivity index (χ3n) is 4.85. The normalized spacial score (nSPS) is 17.1. The Hall–Kier alpha value is -2.10. The maximum atomic E-state index is 5.82. The van der Waals surface area contributed by atoms with Crippen LogP contribution < -0.4 is 5.32 Å². The highest BCUT2D eigenvalue weighted by atomic mass is 16.5. The van der Waals surface area contributed by atoms with E-state index in [4.69, 9.17) is 4.74 Å². The molecule has 3 heteroatoms. The summed E-state index contributed by atoms with van der Waals surface area (Å²) in [5.41, 5.74) is 5.38. The van der Waals surface area contributed by atoms with Crippen LogP contribution in [0.25, 0.3) is 10.9 Å². The minimum Gasteiger partial charge on any atom is -0.377 e. The highest BCUT2D eigenvalue weighted by Crippen LogP contribution is 2.31. The lowest BCUT2D eigenvalue weighted by molar-refractivity contribution is 0.114. The maximum Gasteiger partial charge on any atom is 0.0716 e. The largest absolute Gasteiger partial charge is 0.377 e. The third-order valence-corrected chi connectivity index (χ3v) is 4.85. The fourth-order valence-electron chi connectivity index (χ4n) is 3.66. The quantitative estimate of drug-likeness (QED) is 0.663. The molecular weight excluding hydrogens is 296 g/mol. The Labute approximate surface area is 143 Å². The minimum atomic E-state index is 0.418. The molecule has 0 saturated carbocycles. The zero-order valence-electron chi connectivity index (χ0n) is 13.9. The van der Waals surface area contributed by atoms with E-state index in [1.807, 2.05) is 6.07 Å². The first-order chi connectivity index (χ1) is 11.9. The second kappa shape index (κ2) is 7.20. The summed E-state index contributed by atoms with van der Waals surface area (Å²) in [4.78, 5) is 3.63. The average molecular weight is 320 g/mol. The van der Waals surface area contributed by atoms with Gasteiger partial charge in [-0.05, 0) is 43.0 Å². The summed E-state index contributed by atoms with van der Waals surface area (Å²) < 4.78 is 5.82. The standard InChI is InChI=1S/C21H24N2O/c1-2-7-16(8-3-1)15-24-14-6-11-20-21-18(12-13-22-20)17-9-4-5-10-19(17)23-21/h1-5,7-10,20,22-23H,6,11-15H2. The molecule has 0 amide bonds. The molecule has 1 aliphatic heterocycles. The topological polar surface area (TPSA) is 37.0 Å². The Bertz CT molecular complexity index is 794. The number of aromatic amines is 1. The molecule has 4 rings (SSSR count). The van der Waals surface area contributed by atoms with Crippen molar-refractivity contribution in [2.24, 2.45) is 0 Å². The Balaban J connectivity index is 1.33. The molecule has 0 saturated heterocycles. The lowest BCUT2D eigenvalue weighted by atomic mass is 9.96. The van der Waals surface area contributed by atoms with Crippen LogP contribution in [0.5, 0.6) is 0 Å². The van der Waals surface area contributed by atoms with Crippen LogP contribution in [0.1, 0.15) is 35.7 Å². The lowest BCUT2D eigenvalue weighted by Crippen LogP contribution is -2.29. The van der Waals surface area contributed by atoms with Crippen LogP contribution in [0, 0.1) is 0 Å². The molecule has 0 fully saturated rings. The molecule has 1 unspecified atom stereocenters. The number of nitrogens with one attached hydrogen (secondary N) is 2. The fraction of sp³-hybridized carbons (Fsp3) is 0.333. The van der Waals surface area contributed by atoms with E-state index in [-0.39, 0.29) is 0 Å². The van der Waals surface area contributed by atoms with E-state index in [9.17, 15) is 0 Å². The minimum absolute atomic E-state index is 0.418. The Morgan fingerprint density at radius 3 is 2.75 bits per heavy atom. The molecule has 3 nitrogen and oxygen atoms in total. The van der Waals surface area contributed by atoms with Crippen LogP contribution in [0.3, 0.4) is 0 Å². The highest BCUT2D eigenvalue weighted by molar-refractivity contribution is 5.85. The van der Waals surface area contributed by atoms with Gasteiger partial charge >= 0.3 is 0 Å². The monoisotopic (exact) mass is 320 g/mol. The average Bonchev–Trinajstić information content (AvgIpc) is 3.02. The van der Waals surface area contributed by atoms with E-state index in [1.54, 1.807) is 0 Å². The molecule has 2 heterocycles. The molecule has 24 heavy (non-hydrogen) atoms. The van der Waals surface area contributed by atoms with Crippen molar-refractivity contribution < 1.29 is 4.74 Å². The number of ether oxygens (including phenoxy) is 1. The van der Waals surface area contributed by atoms with Gasteiger partial charge < -0.3 is 15.0 Å². The van der Waals surface area contributed by atoms with E-state index in [1.165, 1.54) is 27.7 Å². The number of H-pyrrole nitrogens is 1. The molecular formula is C21H24N2O. The van der Waals surface area contributed by atoms with Gasteiger partial charge in [0, 0.05) is 29.2 Å². The van der Waals surface area contributed by atoms with E-state index < -0.39 is 0 Å². The molecule has 1 atom stereocenters. The molecule has 1 aromatic heterocycles. The lowest BCUT2D eigenvalue weighted by Gasteiger charge is -2.24. The predicted octanol–water partition coefficient (Wildman–Crippen LogP) is 4.35. The van der Waals surface area contributed by atoms with Gasteiger partial charge in [-0.15, -0.1) is 0 Å². The van der Waals surface area contributed by atoms with Gasteiger partial charge in [0.25, 0.3) is 0 Å². The SMILES string of the molecule is c1ccc(COCCCC2NCCc3c2[nH]c2ccccc32)cc1. The summed E-state index contributed by atoms with van der Waals surface area (Å²) in [5, 5.41) is 5.05. The fourth-order valence-corrected chi connectivity index (χ4v) is 3.66. The summed E-state index contributed by atoms with van der Waals surface area (Å²) in [6, 6.07) is 19.4. The van der Waals surface area contributed by atoms with Crippen molar-refractivity contribution in [2.75, 3.05) is 13.2 Å². The van der Waals surface area contributed by atoms with E-state index in [0.29, 0.717) is 12.6 Å². The first-order valence-electron chi connectivity index (χ1n) is 8.86. The number of aromatic nitrogens is 1. The first kappa shape index (κ1) is 15.4. The van der Waals surface area contributed by atoms with Crippen LogP contribution in [-0.2, 0) is 17.8 Å². The van der Waals surface area contributed by atoms with Crippen molar-refractivity contribution in [3.63, 3.8) is 0 Å². The zero-order chi connectivity index (χ0) is 16.2. The van der Waals surface area contributed by atoms with Crippen molar-refractivity contribution in [3.8, 4) is 0 Å². The summed E-state index contributed by atoms with van der Waals surface area (Å²) in [6.45, 7) is 2.57. The second-order valence-corrected chi connectivity index (χ2v) is 6.50. The van der Waals surface area contributed by atoms with Crippen molar-refractivity contribution in [1.82, 2.24) is 10.3 Å². The maximum absolute atomic E-state index is 5.82. The van der Waals surface area contributed by atoms with Gasteiger partial charge in [0.1, 0.15) is 0 Å². The van der Waals surface area contributed by atoms with Crippen molar-refractivity contribution in [1.29, 1.82) is 0 Å². The number of benzene rings is 2. The Morgan fingerprint density at radius 1 is 1.00 bits per heavy atom. The Kier molecular flexibility index (Phi) is 4.63. The smallest absolute Gasteiger partial charge is 0.0716 e. The van der Waals surface area contributed by atoms with Gasteiger partial charge in [-0.2, -0.15) is 0 Å². The van der Waals surface area contributed by atoms with Gasteiger partial charge in [-0.25, -0.2) is 0 Å². The van der Waals surface area contributed by atoms with E-state index in [2.05, 4.69) is 58.8 Å². The predicted molar refractivity (Wildman–Crippen MR) is 98.1 cm³/mol. The number of para-hydroxylation sites is 1. The molecule has 3 aromatic rings. The molecule has 0 spiro atoms. The van der Waals surface area contributed by atoms with Crippen LogP contribution in [-0.4, -0.2) is 18.1 Å². The van der Waals surface area contributed by atoms with Crippen molar-refractivity contribution in [3.05, 3.63) is 71.4 Å². The number of rotatable bonds is 6. The van der Waals surface area contributed by atoms with Gasteiger partial charge in [0.2, 0.25) is 0 Å². The summed E-state index contributed by atoms with van der Waals surface area (Å²) >= 11 is 0. The molecule has 1 aliphatic rings. The summed E-state index contributed by atoms with van der Waals surface area (Å²) in [6.07, 6.45) is 3.29. The van der Waals surface area contributed by atoms with Gasteiger partial charge in [-0.1, -0.05) is 48.5 Å².